The van der Waals surface area contributed by atoms with Crippen LogP contribution in [0.2, 0.25) is 0 Å². The van der Waals surface area contributed by atoms with Crippen molar-refractivity contribution in [2.75, 3.05) is 0 Å². The Morgan fingerprint density at radius 2 is 0.818 bits per heavy atom. The number of hydrogen-bond donors (Lipinski definition) is 2. The van der Waals surface area contributed by atoms with Gasteiger partial charge in [0.25, 0.3) is 0 Å². The zero-order valence-corrected chi connectivity index (χ0v) is 14.0. The third kappa shape index (κ3) is 6.00. The molecule has 0 fully saturated rings. The molecule has 2 rings (SSSR count). The van der Waals surface area contributed by atoms with Crippen LogP contribution >= 0.6 is 0 Å². The summed E-state index contributed by atoms with van der Waals surface area (Å²) in [5, 5.41) is 19.2. The Labute approximate surface area is 134 Å². The van der Waals surface area contributed by atoms with Crippen molar-refractivity contribution >= 4 is 0 Å². The first-order valence-electron chi connectivity index (χ1n) is 7.89. The highest BCUT2D eigenvalue weighted by molar-refractivity contribution is 5.18. The van der Waals surface area contributed by atoms with Crippen molar-refractivity contribution in [3.63, 3.8) is 0 Å². The highest BCUT2D eigenvalue weighted by Gasteiger charge is 2.10. The number of rotatable bonds is 4. The average molecular weight is 300 g/mol. The van der Waals surface area contributed by atoms with Gasteiger partial charge in [-0.1, -0.05) is 88.4 Å². The second-order valence-electron chi connectivity index (χ2n) is 6.20. The summed E-state index contributed by atoms with van der Waals surface area (Å²) in [4.78, 5) is 0. The second-order valence-corrected chi connectivity index (χ2v) is 6.20. The lowest BCUT2D eigenvalue weighted by Crippen LogP contribution is -2.04. The summed E-state index contributed by atoms with van der Waals surface area (Å²) in [7, 11) is 0. The molecule has 0 aliphatic carbocycles. The lowest BCUT2D eigenvalue weighted by Gasteiger charge is -2.13. The van der Waals surface area contributed by atoms with Crippen LogP contribution in [0.15, 0.2) is 60.7 Å². The van der Waals surface area contributed by atoms with Crippen molar-refractivity contribution in [2.45, 2.75) is 39.9 Å². The maximum atomic E-state index is 9.60. The molecule has 2 atom stereocenters. The predicted octanol–water partition coefficient (Wildman–Crippen LogP) is 4.75. The molecule has 0 aromatic heterocycles. The topological polar surface area (TPSA) is 40.5 Å². The van der Waals surface area contributed by atoms with Crippen molar-refractivity contribution in [1.29, 1.82) is 0 Å². The van der Waals surface area contributed by atoms with Crippen LogP contribution < -0.4 is 0 Å². The zero-order valence-electron chi connectivity index (χ0n) is 14.0. The molecule has 0 radical (unpaired) electrons. The van der Waals surface area contributed by atoms with Crippen LogP contribution in [-0.4, -0.2) is 10.2 Å². The smallest absolute Gasteiger partial charge is 0.0812 e. The molecule has 120 valence electrons. The minimum absolute atomic E-state index is 0.289. The van der Waals surface area contributed by atoms with Crippen molar-refractivity contribution in [1.82, 2.24) is 0 Å². The molecule has 2 aromatic rings. The van der Waals surface area contributed by atoms with Crippen LogP contribution in [-0.2, 0) is 0 Å². The van der Waals surface area contributed by atoms with Crippen molar-refractivity contribution in [2.24, 2.45) is 11.8 Å². The quantitative estimate of drug-likeness (QED) is 0.855. The molecular weight excluding hydrogens is 272 g/mol. The van der Waals surface area contributed by atoms with Gasteiger partial charge in [0.2, 0.25) is 0 Å². The molecule has 0 spiro atoms. The van der Waals surface area contributed by atoms with E-state index in [-0.39, 0.29) is 24.0 Å². The van der Waals surface area contributed by atoms with E-state index in [1.165, 1.54) is 0 Å². The first-order valence-corrected chi connectivity index (χ1v) is 7.89. The normalized spacial score (nSPS) is 13.5. The summed E-state index contributed by atoms with van der Waals surface area (Å²) in [6, 6.07) is 19.5. The SMILES string of the molecule is CC(C)C(O)c1ccccc1.CC(C)[C@H](O)c1ccccc1. The highest BCUT2D eigenvalue weighted by Crippen LogP contribution is 2.20. The van der Waals surface area contributed by atoms with Gasteiger partial charge in [0.1, 0.15) is 0 Å². The maximum absolute atomic E-state index is 9.60. The van der Waals surface area contributed by atoms with Gasteiger partial charge in [-0.15, -0.1) is 0 Å². The van der Waals surface area contributed by atoms with Gasteiger partial charge in [0, 0.05) is 0 Å². The third-order valence-corrected chi connectivity index (χ3v) is 3.55. The Morgan fingerprint density at radius 3 is 1.05 bits per heavy atom. The second kappa shape index (κ2) is 9.39. The van der Waals surface area contributed by atoms with Gasteiger partial charge in [-0.2, -0.15) is 0 Å². The van der Waals surface area contributed by atoms with E-state index in [1.807, 2.05) is 88.4 Å². The van der Waals surface area contributed by atoms with Crippen molar-refractivity contribution in [3.8, 4) is 0 Å². The zero-order chi connectivity index (χ0) is 16.5. The van der Waals surface area contributed by atoms with Gasteiger partial charge in [0.15, 0.2) is 0 Å². The number of aliphatic hydroxyl groups excluding tert-OH is 2. The highest BCUT2D eigenvalue weighted by atomic mass is 16.3. The number of hydrogen-bond acceptors (Lipinski definition) is 2. The van der Waals surface area contributed by atoms with Crippen LogP contribution in [0.1, 0.15) is 51.0 Å². The van der Waals surface area contributed by atoms with Gasteiger partial charge in [-0.25, -0.2) is 0 Å². The van der Waals surface area contributed by atoms with Crippen LogP contribution in [0.25, 0.3) is 0 Å². The standard InChI is InChI=1S/2C10H14O/c2*1-8(2)10(11)9-6-4-3-5-7-9/h2*3-8,10-11H,1-2H3/t10-;/m0./s1. The van der Waals surface area contributed by atoms with Crippen molar-refractivity contribution in [3.05, 3.63) is 71.8 Å². The molecule has 2 nitrogen and oxygen atoms in total. The first kappa shape index (κ1) is 18.4. The fraction of sp³-hybridized carbons (Fsp3) is 0.400. The van der Waals surface area contributed by atoms with Crippen LogP contribution in [0.4, 0.5) is 0 Å². The molecule has 0 amide bonds. The lowest BCUT2D eigenvalue weighted by molar-refractivity contribution is 0.127. The van der Waals surface area contributed by atoms with Crippen LogP contribution in [0, 0.1) is 11.8 Å². The van der Waals surface area contributed by atoms with Gasteiger partial charge < -0.3 is 10.2 Å². The van der Waals surface area contributed by atoms with E-state index < -0.39 is 0 Å². The Hall–Kier alpha value is -1.64. The molecule has 0 aliphatic rings. The van der Waals surface area contributed by atoms with E-state index in [2.05, 4.69) is 0 Å². The van der Waals surface area contributed by atoms with Gasteiger partial charge in [0.05, 0.1) is 12.2 Å². The number of benzene rings is 2. The Balaban J connectivity index is 0.000000220. The summed E-state index contributed by atoms with van der Waals surface area (Å²) >= 11 is 0. The Morgan fingerprint density at radius 1 is 0.545 bits per heavy atom. The largest absolute Gasteiger partial charge is 0.388 e. The van der Waals surface area contributed by atoms with E-state index in [1.54, 1.807) is 0 Å². The molecule has 0 saturated heterocycles. The summed E-state index contributed by atoms with van der Waals surface area (Å²) in [6.45, 7) is 8.05. The van der Waals surface area contributed by atoms with Gasteiger partial charge in [-0.3, -0.25) is 0 Å². The van der Waals surface area contributed by atoms with Crippen LogP contribution in [0.5, 0.6) is 0 Å². The van der Waals surface area contributed by atoms with Gasteiger partial charge >= 0.3 is 0 Å². The van der Waals surface area contributed by atoms with E-state index in [4.69, 9.17) is 0 Å². The van der Waals surface area contributed by atoms with E-state index in [0.717, 1.165) is 11.1 Å². The molecule has 2 N–H and O–H groups in total. The van der Waals surface area contributed by atoms with Gasteiger partial charge in [-0.05, 0) is 23.0 Å². The summed E-state index contributed by atoms with van der Waals surface area (Å²) < 4.78 is 0. The Bertz CT molecular complexity index is 456. The summed E-state index contributed by atoms with van der Waals surface area (Å²) in [6.07, 6.45) is -0.646. The third-order valence-electron chi connectivity index (χ3n) is 3.55. The molecule has 22 heavy (non-hydrogen) atoms. The molecule has 2 heteroatoms. The van der Waals surface area contributed by atoms with E-state index in [0.29, 0.717) is 0 Å². The molecule has 2 aromatic carbocycles. The summed E-state index contributed by atoms with van der Waals surface area (Å²) in [5.41, 5.74) is 2.00. The minimum Gasteiger partial charge on any atom is -0.388 e. The summed E-state index contributed by atoms with van der Waals surface area (Å²) in [5.74, 6) is 0.579. The van der Waals surface area contributed by atoms with E-state index in [9.17, 15) is 10.2 Å². The lowest BCUT2D eigenvalue weighted by atomic mass is 10.00. The molecule has 1 unspecified atom stereocenters. The van der Waals surface area contributed by atoms with E-state index >= 15 is 0 Å². The molecule has 0 bridgehead atoms. The molecule has 0 heterocycles. The Kier molecular flexibility index (Phi) is 7.86. The average Bonchev–Trinajstić information content (AvgIpc) is 2.55. The molecule has 0 aliphatic heterocycles. The fourth-order valence-corrected chi connectivity index (χ4v) is 2.07. The maximum Gasteiger partial charge on any atom is 0.0812 e. The van der Waals surface area contributed by atoms with Crippen LogP contribution in [0.3, 0.4) is 0 Å². The fourth-order valence-electron chi connectivity index (χ4n) is 2.07. The minimum atomic E-state index is -0.323. The molecule has 0 saturated carbocycles. The molecular formula is C20H28O2. The first-order chi connectivity index (χ1) is 10.4. The monoisotopic (exact) mass is 300 g/mol. The predicted molar refractivity (Wildman–Crippen MR) is 92.5 cm³/mol. The number of aliphatic hydroxyl groups is 2. The van der Waals surface area contributed by atoms with Crippen molar-refractivity contribution < 1.29 is 10.2 Å².